The molecule has 0 bridgehead atoms. The smallest absolute Gasteiger partial charge is 0.309 e. The summed E-state index contributed by atoms with van der Waals surface area (Å²) in [5.74, 6) is -2.00. The molecule has 0 aliphatic rings. The molecule has 2 aromatic carbocycles. The van der Waals surface area contributed by atoms with Gasteiger partial charge in [-0.1, -0.05) is 23.7 Å². The van der Waals surface area contributed by atoms with Gasteiger partial charge in [0.05, 0.1) is 28.0 Å². The van der Waals surface area contributed by atoms with E-state index in [1.807, 2.05) is 0 Å². The fourth-order valence-corrected chi connectivity index (χ4v) is 3.15. The second-order valence-electron chi connectivity index (χ2n) is 6.65. The van der Waals surface area contributed by atoms with Crippen LogP contribution < -0.4 is 4.90 Å². The number of anilines is 1. The minimum Gasteiger partial charge on any atom is -0.309 e. The van der Waals surface area contributed by atoms with Crippen molar-refractivity contribution in [3.63, 3.8) is 0 Å². The van der Waals surface area contributed by atoms with E-state index in [1.54, 1.807) is 0 Å². The Bertz CT molecular complexity index is 1140. The van der Waals surface area contributed by atoms with Gasteiger partial charge in [0, 0.05) is 29.9 Å². The number of benzene rings is 2. The number of nitrogens with zero attached hydrogens (tertiary/aromatic N) is 2. The molecular formula is C21H12ClF7N2O. The summed E-state index contributed by atoms with van der Waals surface area (Å²) in [6, 6.07) is 5.99. The SMILES string of the molecule is CN(C(=O)c1cc(C(F)(F)F)cc(C(F)(F)F)c1)c1cnccc1-c1cccc(Cl)c1F. The minimum atomic E-state index is -5.11. The summed E-state index contributed by atoms with van der Waals surface area (Å²) in [4.78, 5) is 17.5. The van der Waals surface area contributed by atoms with Gasteiger partial charge < -0.3 is 4.90 Å². The van der Waals surface area contributed by atoms with Crippen molar-refractivity contribution >= 4 is 23.2 Å². The molecular weight excluding hydrogens is 465 g/mol. The van der Waals surface area contributed by atoms with Crippen LogP contribution in [0, 0.1) is 5.82 Å². The lowest BCUT2D eigenvalue weighted by Crippen LogP contribution is -2.28. The monoisotopic (exact) mass is 476 g/mol. The predicted molar refractivity (Wildman–Crippen MR) is 104 cm³/mol. The molecule has 0 spiro atoms. The molecule has 11 heteroatoms. The number of halogens is 8. The van der Waals surface area contributed by atoms with Gasteiger partial charge in [-0.15, -0.1) is 0 Å². The lowest BCUT2D eigenvalue weighted by molar-refractivity contribution is -0.143. The van der Waals surface area contributed by atoms with E-state index in [-0.39, 0.29) is 27.9 Å². The van der Waals surface area contributed by atoms with Crippen LogP contribution in [-0.4, -0.2) is 17.9 Å². The van der Waals surface area contributed by atoms with E-state index in [2.05, 4.69) is 4.98 Å². The van der Waals surface area contributed by atoms with E-state index in [4.69, 9.17) is 11.6 Å². The Morgan fingerprint density at radius 2 is 1.53 bits per heavy atom. The van der Waals surface area contributed by atoms with Crippen molar-refractivity contribution in [1.82, 2.24) is 4.98 Å². The van der Waals surface area contributed by atoms with Crippen molar-refractivity contribution in [1.29, 1.82) is 0 Å². The van der Waals surface area contributed by atoms with E-state index in [9.17, 15) is 35.5 Å². The van der Waals surface area contributed by atoms with Crippen molar-refractivity contribution in [2.45, 2.75) is 12.4 Å². The average Bonchev–Trinajstić information content (AvgIpc) is 2.73. The van der Waals surface area contributed by atoms with E-state index in [0.717, 1.165) is 18.1 Å². The number of carbonyl (C=O) groups excluding carboxylic acids is 1. The topological polar surface area (TPSA) is 33.2 Å². The highest BCUT2D eigenvalue weighted by Gasteiger charge is 2.38. The van der Waals surface area contributed by atoms with Crippen LogP contribution in [-0.2, 0) is 12.4 Å². The van der Waals surface area contributed by atoms with Gasteiger partial charge in [0.25, 0.3) is 5.91 Å². The summed E-state index contributed by atoms with van der Waals surface area (Å²) in [5, 5.41) is -0.216. The van der Waals surface area contributed by atoms with Gasteiger partial charge in [-0.2, -0.15) is 26.3 Å². The van der Waals surface area contributed by atoms with Crippen LogP contribution in [0.25, 0.3) is 11.1 Å². The summed E-state index contributed by atoms with van der Waals surface area (Å²) in [6.45, 7) is 0. The molecule has 1 aromatic heterocycles. The van der Waals surface area contributed by atoms with Gasteiger partial charge in [-0.3, -0.25) is 9.78 Å². The Kier molecular flexibility index (Phi) is 6.19. The number of amides is 1. The molecule has 0 atom stereocenters. The van der Waals surface area contributed by atoms with Gasteiger partial charge in [0.2, 0.25) is 0 Å². The number of carbonyl (C=O) groups is 1. The maximum Gasteiger partial charge on any atom is 0.416 e. The second-order valence-corrected chi connectivity index (χ2v) is 7.06. The molecule has 0 saturated carbocycles. The van der Waals surface area contributed by atoms with Crippen molar-refractivity contribution in [3.05, 3.63) is 82.4 Å². The number of aromatic nitrogens is 1. The first-order chi connectivity index (χ1) is 14.8. The zero-order valence-electron chi connectivity index (χ0n) is 16.0. The van der Waals surface area contributed by atoms with Crippen molar-refractivity contribution in [2.75, 3.05) is 11.9 Å². The minimum absolute atomic E-state index is 0.0328. The first kappa shape index (κ1) is 23.5. The summed E-state index contributed by atoms with van der Waals surface area (Å²) >= 11 is 5.79. The maximum atomic E-state index is 14.5. The van der Waals surface area contributed by atoms with Gasteiger partial charge in [-0.25, -0.2) is 4.39 Å². The highest BCUT2D eigenvalue weighted by atomic mass is 35.5. The van der Waals surface area contributed by atoms with Crippen molar-refractivity contribution in [3.8, 4) is 11.1 Å². The molecule has 0 aliphatic carbocycles. The predicted octanol–water partition coefficient (Wildman–Crippen LogP) is 6.86. The van der Waals surface area contributed by atoms with Crippen LogP contribution in [0.3, 0.4) is 0 Å². The third-order valence-electron chi connectivity index (χ3n) is 4.54. The fraction of sp³-hybridized carbons (Fsp3) is 0.143. The third-order valence-corrected chi connectivity index (χ3v) is 4.83. The van der Waals surface area contributed by atoms with Crippen LogP contribution in [0.4, 0.5) is 36.4 Å². The Balaban J connectivity index is 2.12. The highest BCUT2D eigenvalue weighted by Crippen LogP contribution is 2.38. The Morgan fingerprint density at radius 1 is 0.938 bits per heavy atom. The van der Waals surface area contributed by atoms with Crippen molar-refractivity contribution < 1.29 is 35.5 Å². The molecule has 0 aliphatic heterocycles. The molecule has 0 saturated heterocycles. The molecule has 0 radical (unpaired) electrons. The van der Waals surface area contributed by atoms with Crippen LogP contribution in [0.1, 0.15) is 21.5 Å². The first-order valence-corrected chi connectivity index (χ1v) is 9.14. The molecule has 168 valence electrons. The standard InChI is InChI=1S/C21H12ClF7N2O/c1-31(17-10-30-6-5-14(17)15-3-2-4-16(22)18(15)23)19(32)11-7-12(20(24,25)26)9-13(8-11)21(27,28)29/h2-10H,1H3. The largest absolute Gasteiger partial charge is 0.416 e. The number of hydrogen-bond acceptors (Lipinski definition) is 2. The van der Waals surface area contributed by atoms with Crippen LogP contribution in [0.2, 0.25) is 5.02 Å². The highest BCUT2D eigenvalue weighted by molar-refractivity contribution is 6.31. The summed E-state index contributed by atoms with van der Waals surface area (Å²) in [6.07, 6.45) is -7.81. The number of hydrogen-bond donors (Lipinski definition) is 0. The van der Waals surface area contributed by atoms with Crippen molar-refractivity contribution in [2.24, 2.45) is 0 Å². The van der Waals surface area contributed by atoms with Crippen LogP contribution in [0.15, 0.2) is 54.9 Å². The third kappa shape index (κ3) is 4.69. The molecule has 1 heterocycles. The van der Waals surface area contributed by atoms with Gasteiger partial charge in [0.15, 0.2) is 0 Å². The summed E-state index contributed by atoms with van der Waals surface area (Å²) < 4.78 is 93.3. The molecule has 32 heavy (non-hydrogen) atoms. The number of rotatable bonds is 3. The van der Waals surface area contributed by atoms with Crippen LogP contribution >= 0.6 is 11.6 Å². The Morgan fingerprint density at radius 3 is 2.09 bits per heavy atom. The molecule has 3 aromatic rings. The lowest BCUT2D eigenvalue weighted by atomic mass is 10.0. The summed E-state index contributed by atoms with van der Waals surface area (Å²) in [5.41, 5.74) is -4.08. The fourth-order valence-electron chi connectivity index (χ4n) is 2.97. The molecule has 3 nitrogen and oxygen atoms in total. The zero-order chi connectivity index (χ0) is 23.8. The summed E-state index contributed by atoms with van der Waals surface area (Å²) in [7, 11) is 1.12. The molecule has 3 rings (SSSR count). The quantitative estimate of drug-likeness (QED) is 0.387. The Hall–Kier alpha value is -3.14. The number of pyridine rings is 1. The lowest BCUT2D eigenvalue weighted by Gasteiger charge is -2.22. The average molecular weight is 477 g/mol. The molecule has 1 amide bonds. The van der Waals surface area contributed by atoms with E-state index < -0.39 is 40.8 Å². The molecule has 0 N–H and O–H groups in total. The first-order valence-electron chi connectivity index (χ1n) is 8.76. The van der Waals surface area contributed by atoms with E-state index in [1.165, 1.54) is 30.5 Å². The Labute approximate surface area is 182 Å². The van der Waals surface area contributed by atoms with E-state index in [0.29, 0.717) is 12.1 Å². The van der Waals surface area contributed by atoms with Gasteiger partial charge in [0.1, 0.15) is 5.82 Å². The zero-order valence-corrected chi connectivity index (χ0v) is 16.8. The molecule has 0 unspecified atom stereocenters. The molecule has 0 fully saturated rings. The second kappa shape index (κ2) is 8.42. The van der Waals surface area contributed by atoms with E-state index >= 15 is 0 Å². The van der Waals surface area contributed by atoms with Crippen LogP contribution in [0.5, 0.6) is 0 Å². The number of alkyl halides is 6. The van der Waals surface area contributed by atoms with Gasteiger partial charge in [-0.05, 0) is 30.3 Å². The maximum absolute atomic E-state index is 14.5. The van der Waals surface area contributed by atoms with Gasteiger partial charge >= 0.3 is 12.4 Å². The normalized spacial score (nSPS) is 12.0.